The van der Waals surface area contributed by atoms with E-state index in [0.717, 1.165) is 11.1 Å². The fourth-order valence-electron chi connectivity index (χ4n) is 2.73. The average Bonchev–Trinajstić information content (AvgIpc) is 2.67. The molecule has 0 radical (unpaired) electrons. The van der Waals surface area contributed by atoms with Crippen LogP contribution in [-0.4, -0.2) is 35.4 Å². The zero-order valence-corrected chi connectivity index (χ0v) is 18.6. The average molecular weight is 437 g/mol. The van der Waals surface area contributed by atoms with Gasteiger partial charge in [0, 0.05) is 22.6 Å². The SMILES string of the molecule is Cc1cc(OCC(=O)N(Cc2ccccc2Cl)[C@@H](C)C(=O)NC(C)C)ccc1Cl. The third-order valence-corrected chi connectivity index (χ3v) is 5.18. The Balaban J connectivity index is 2.18. The second kappa shape index (κ2) is 10.5. The predicted molar refractivity (Wildman–Crippen MR) is 116 cm³/mol. The first-order valence-electron chi connectivity index (χ1n) is 9.41. The molecule has 2 aromatic rings. The number of carbonyl (C=O) groups excluding carboxylic acids is 2. The Morgan fingerprint density at radius 2 is 1.76 bits per heavy atom. The van der Waals surface area contributed by atoms with E-state index >= 15 is 0 Å². The Bertz CT molecular complexity index is 871. The number of hydrogen-bond acceptors (Lipinski definition) is 3. The Hall–Kier alpha value is -2.24. The van der Waals surface area contributed by atoms with Crippen LogP contribution in [0.15, 0.2) is 42.5 Å². The zero-order valence-electron chi connectivity index (χ0n) is 17.0. The zero-order chi connectivity index (χ0) is 21.6. The van der Waals surface area contributed by atoms with Gasteiger partial charge in [0.2, 0.25) is 5.91 Å². The van der Waals surface area contributed by atoms with Gasteiger partial charge in [0.1, 0.15) is 11.8 Å². The van der Waals surface area contributed by atoms with Crippen LogP contribution < -0.4 is 10.1 Å². The fraction of sp³-hybridized carbons (Fsp3) is 0.364. The Morgan fingerprint density at radius 1 is 1.07 bits per heavy atom. The summed E-state index contributed by atoms with van der Waals surface area (Å²) in [4.78, 5) is 27.0. The van der Waals surface area contributed by atoms with Gasteiger partial charge in [-0.15, -0.1) is 0 Å². The molecule has 2 amide bonds. The van der Waals surface area contributed by atoms with Crippen LogP contribution in [0.5, 0.6) is 5.75 Å². The molecule has 5 nitrogen and oxygen atoms in total. The minimum absolute atomic E-state index is 0.0319. The van der Waals surface area contributed by atoms with E-state index in [-0.39, 0.29) is 31.0 Å². The third kappa shape index (κ3) is 6.65. The second-order valence-electron chi connectivity index (χ2n) is 7.15. The molecule has 0 saturated carbocycles. The molecule has 0 fully saturated rings. The summed E-state index contributed by atoms with van der Waals surface area (Å²) < 4.78 is 5.65. The van der Waals surface area contributed by atoms with Gasteiger partial charge >= 0.3 is 0 Å². The summed E-state index contributed by atoms with van der Waals surface area (Å²) >= 11 is 12.3. The molecule has 2 aromatic carbocycles. The lowest BCUT2D eigenvalue weighted by Gasteiger charge is -2.29. The summed E-state index contributed by atoms with van der Waals surface area (Å²) in [5.41, 5.74) is 1.61. The van der Waals surface area contributed by atoms with E-state index in [1.54, 1.807) is 31.2 Å². The Kier molecular flexibility index (Phi) is 8.35. The number of aryl methyl sites for hydroxylation is 1. The number of nitrogens with zero attached hydrogens (tertiary/aromatic N) is 1. The van der Waals surface area contributed by atoms with Gasteiger partial charge in [0.15, 0.2) is 6.61 Å². The normalized spacial score (nSPS) is 11.8. The van der Waals surface area contributed by atoms with Crippen molar-refractivity contribution < 1.29 is 14.3 Å². The topological polar surface area (TPSA) is 58.6 Å². The van der Waals surface area contributed by atoms with Crippen molar-refractivity contribution in [2.24, 2.45) is 0 Å². The Labute approximate surface area is 181 Å². The smallest absolute Gasteiger partial charge is 0.261 e. The van der Waals surface area contributed by atoms with Crippen molar-refractivity contribution in [3.8, 4) is 5.75 Å². The fourth-order valence-corrected chi connectivity index (χ4v) is 3.05. The third-order valence-electron chi connectivity index (χ3n) is 4.39. The first kappa shape index (κ1) is 23.0. The van der Waals surface area contributed by atoms with Crippen LogP contribution in [0.4, 0.5) is 0 Å². The van der Waals surface area contributed by atoms with E-state index in [4.69, 9.17) is 27.9 Å². The maximum Gasteiger partial charge on any atom is 0.261 e. The molecule has 0 spiro atoms. The molecule has 7 heteroatoms. The minimum atomic E-state index is -0.684. The molecule has 156 valence electrons. The van der Waals surface area contributed by atoms with Crippen molar-refractivity contribution in [3.05, 3.63) is 63.6 Å². The lowest BCUT2D eigenvalue weighted by Crippen LogP contribution is -2.50. The minimum Gasteiger partial charge on any atom is -0.484 e. The summed E-state index contributed by atoms with van der Waals surface area (Å²) in [6.07, 6.45) is 0. The van der Waals surface area contributed by atoms with Crippen LogP contribution in [-0.2, 0) is 16.1 Å². The lowest BCUT2D eigenvalue weighted by atomic mass is 10.1. The van der Waals surface area contributed by atoms with Crippen LogP contribution >= 0.6 is 23.2 Å². The molecule has 0 aliphatic heterocycles. The highest BCUT2D eigenvalue weighted by Crippen LogP contribution is 2.22. The second-order valence-corrected chi connectivity index (χ2v) is 7.97. The number of nitrogens with one attached hydrogen (secondary N) is 1. The largest absolute Gasteiger partial charge is 0.484 e. The monoisotopic (exact) mass is 436 g/mol. The molecule has 1 N–H and O–H groups in total. The van der Waals surface area contributed by atoms with Crippen molar-refractivity contribution >= 4 is 35.0 Å². The quantitative estimate of drug-likeness (QED) is 0.656. The van der Waals surface area contributed by atoms with Gasteiger partial charge in [-0.05, 0) is 63.1 Å². The van der Waals surface area contributed by atoms with Crippen molar-refractivity contribution in [1.29, 1.82) is 0 Å². The van der Waals surface area contributed by atoms with E-state index in [2.05, 4.69) is 5.32 Å². The molecular formula is C22H26Cl2N2O3. The van der Waals surface area contributed by atoms with Gasteiger partial charge in [-0.1, -0.05) is 41.4 Å². The highest BCUT2D eigenvalue weighted by Gasteiger charge is 2.27. The lowest BCUT2D eigenvalue weighted by molar-refractivity contribution is -0.142. The van der Waals surface area contributed by atoms with Gasteiger partial charge in [-0.2, -0.15) is 0 Å². The molecule has 0 aliphatic rings. The van der Waals surface area contributed by atoms with Gasteiger partial charge in [0.25, 0.3) is 5.91 Å². The van der Waals surface area contributed by atoms with Gasteiger partial charge in [-0.25, -0.2) is 0 Å². The maximum absolute atomic E-state index is 13.0. The number of benzene rings is 2. The Morgan fingerprint density at radius 3 is 2.38 bits per heavy atom. The molecule has 0 saturated heterocycles. The van der Waals surface area contributed by atoms with Crippen molar-refractivity contribution in [2.45, 2.75) is 46.3 Å². The molecule has 1 atom stereocenters. The van der Waals surface area contributed by atoms with Gasteiger partial charge in [0.05, 0.1) is 0 Å². The summed E-state index contributed by atoms with van der Waals surface area (Å²) in [7, 11) is 0. The van der Waals surface area contributed by atoms with Gasteiger partial charge < -0.3 is 15.0 Å². The van der Waals surface area contributed by atoms with E-state index in [1.807, 2.05) is 39.0 Å². The van der Waals surface area contributed by atoms with Crippen LogP contribution in [0.3, 0.4) is 0 Å². The highest BCUT2D eigenvalue weighted by atomic mass is 35.5. The van der Waals surface area contributed by atoms with E-state index in [0.29, 0.717) is 15.8 Å². The van der Waals surface area contributed by atoms with Crippen LogP contribution in [0, 0.1) is 6.92 Å². The van der Waals surface area contributed by atoms with Crippen molar-refractivity contribution in [3.63, 3.8) is 0 Å². The molecule has 0 unspecified atom stereocenters. The first-order chi connectivity index (χ1) is 13.7. The van der Waals surface area contributed by atoms with Crippen LogP contribution in [0.2, 0.25) is 10.0 Å². The molecule has 2 rings (SSSR count). The number of hydrogen-bond donors (Lipinski definition) is 1. The number of carbonyl (C=O) groups is 2. The molecule has 0 aliphatic carbocycles. The number of ether oxygens (including phenoxy) is 1. The standard InChI is InChI=1S/C22H26Cl2N2O3/c1-14(2)25-22(28)16(4)26(12-17-7-5-6-8-20(17)24)21(27)13-29-18-9-10-19(23)15(3)11-18/h5-11,14,16H,12-13H2,1-4H3,(H,25,28)/t16-/m0/s1. The summed E-state index contributed by atoms with van der Waals surface area (Å²) in [5, 5.41) is 4.01. The molecular weight excluding hydrogens is 411 g/mol. The number of halogens is 2. The number of amides is 2. The summed E-state index contributed by atoms with van der Waals surface area (Å²) in [6, 6.07) is 11.7. The van der Waals surface area contributed by atoms with E-state index in [9.17, 15) is 9.59 Å². The predicted octanol–water partition coefficient (Wildman–Crippen LogP) is 4.62. The first-order valence-corrected chi connectivity index (χ1v) is 10.2. The highest BCUT2D eigenvalue weighted by molar-refractivity contribution is 6.31. The van der Waals surface area contributed by atoms with Crippen molar-refractivity contribution in [1.82, 2.24) is 10.2 Å². The van der Waals surface area contributed by atoms with Gasteiger partial charge in [-0.3, -0.25) is 9.59 Å². The van der Waals surface area contributed by atoms with Crippen LogP contribution in [0.25, 0.3) is 0 Å². The summed E-state index contributed by atoms with van der Waals surface area (Å²) in [6.45, 7) is 7.30. The number of rotatable bonds is 8. The van der Waals surface area contributed by atoms with Crippen molar-refractivity contribution in [2.75, 3.05) is 6.61 Å². The van der Waals surface area contributed by atoms with E-state index < -0.39 is 6.04 Å². The molecule has 0 bridgehead atoms. The molecule has 0 aromatic heterocycles. The molecule has 0 heterocycles. The maximum atomic E-state index is 13.0. The van der Waals surface area contributed by atoms with Crippen LogP contribution in [0.1, 0.15) is 31.9 Å². The molecule has 29 heavy (non-hydrogen) atoms. The van der Waals surface area contributed by atoms with E-state index in [1.165, 1.54) is 4.90 Å². The summed E-state index contributed by atoms with van der Waals surface area (Å²) in [5.74, 6) is -0.0103.